The van der Waals surface area contributed by atoms with Gasteiger partial charge in [-0.3, -0.25) is 14.2 Å². The number of hydrogen-bond donors (Lipinski definition) is 2. The number of nitrogens with one attached hydrogen (secondary N) is 1. The summed E-state index contributed by atoms with van der Waals surface area (Å²) in [5.41, 5.74) is -0.606. The van der Waals surface area contributed by atoms with Crippen LogP contribution < -0.4 is 15.6 Å². The topological polar surface area (TPSA) is 93.5 Å². The summed E-state index contributed by atoms with van der Waals surface area (Å²) in [7, 11) is 1.52. The molecule has 4 aromatic rings. The van der Waals surface area contributed by atoms with Gasteiger partial charge in [-0.2, -0.15) is 0 Å². The third-order valence-electron chi connectivity index (χ3n) is 4.64. The Morgan fingerprint density at radius 3 is 2.61 bits per heavy atom. The van der Waals surface area contributed by atoms with Crippen LogP contribution in [0.25, 0.3) is 16.7 Å². The van der Waals surface area contributed by atoms with E-state index < -0.39 is 28.6 Å². The van der Waals surface area contributed by atoms with E-state index in [1.54, 1.807) is 36.4 Å². The van der Waals surface area contributed by atoms with Gasteiger partial charge in [-0.1, -0.05) is 11.6 Å². The lowest BCUT2D eigenvalue weighted by Gasteiger charge is -2.15. The van der Waals surface area contributed by atoms with Crippen LogP contribution in [-0.4, -0.2) is 27.7 Å². The van der Waals surface area contributed by atoms with Crippen molar-refractivity contribution in [2.75, 3.05) is 12.4 Å². The van der Waals surface area contributed by atoms with Crippen LogP contribution in [-0.2, 0) is 0 Å². The molecule has 0 unspecified atom stereocenters. The van der Waals surface area contributed by atoms with Gasteiger partial charge in [0.1, 0.15) is 22.9 Å². The highest BCUT2D eigenvalue weighted by molar-refractivity contribution is 6.34. The van der Waals surface area contributed by atoms with Gasteiger partial charge in [0.15, 0.2) is 5.65 Å². The highest BCUT2D eigenvalue weighted by atomic mass is 35.5. The van der Waals surface area contributed by atoms with Crippen LogP contribution in [0.5, 0.6) is 11.5 Å². The average molecular weight is 440 g/mol. The van der Waals surface area contributed by atoms with Gasteiger partial charge in [0.05, 0.1) is 28.9 Å². The van der Waals surface area contributed by atoms with Crippen LogP contribution in [0.4, 0.5) is 10.1 Å². The summed E-state index contributed by atoms with van der Waals surface area (Å²) < 4.78 is 19.7. The maximum Gasteiger partial charge on any atom is 0.273 e. The van der Waals surface area contributed by atoms with Crippen LogP contribution in [0.3, 0.4) is 0 Å². The quantitative estimate of drug-likeness (QED) is 0.498. The molecule has 2 heterocycles. The molecule has 1 amide bonds. The van der Waals surface area contributed by atoms with Crippen molar-refractivity contribution in [2.24, 2.45) is 0 Å². The Morgan fingerprint density at radius 1 is 1.19 bits per heavy atom. The number of aromatic nitrogens is 2. The molecule has 2 aromatic heterocycles. The fraction of sp³-hybridized carbons (Fsp3) is 0.0455. The maximum absolute atomic E-state index is 13.3. The molecule has 31 heavy (non-hydrogen) atoms. The molecule has 0 radical (unpaired) electrons. The number of ether oxygens (including phenoxy) is 1. The predicted octanol–water partition coefficient (Wildman–Crippen LogP) is 4.14. The Kier molecular flexibility index (Phi) is 5.31. The normalized spacial score (nSPS) is 10.8. The summed E-state index contributed by atoms with van der Waals surface area (Å²) in [6, 6.07) is 13.1. The number of aromatic hydroxyl groups is 1. The molecule has 0 bridgehead atoms. The lowest BCUT2D eigenvalue weighted by atomic mass is 10.1. The number of nitrogens with zero attached hydrogens (tertiary/aromatic N) is 2. The van der Waals surface area contributed by atoms with Crippen molar-refractivity contribution in [3.8, 4) is 17.2 Å². The minimum absolute atomic E-state index is 0.0502. The first-order valence-corrected chi connectivity index (χ1v) is 9.42. The van der Waals surface area contributed by atoms with Crippen molar-refractivity contribution in [3.63, 3.8) is 0 Å². The molecule has 0 fully saturated rings. The number of amides is 1. The lowest BCUT2D eigenvalue weighted by Crippen LogP contribution is -2.29. The second-order valence-electron chi connectivity index (χ2n) is 6.52. The van der Waals surface area contributed by atoms with E-state index in [4.69, 9.17) is 16.3 Å². The Labute approximate surface area is 180 Å². The van der Waals surface area contributed by atoms with E-state index in [0.29, 0.717) is 11.4 Å². The molecule has 2 N–H and O–H groups in total. The van der Waals surface area contributed by atoms with Gasteiger partial charge in [-0.25, -0.2) is 9.37 Å². The van der Waals surface area contributed by atoms with E-state index in [2.05, 4.69) is 10.3 Å². The van der Waals surface area contributed by atoms with Crippen molar-refractivity contribution in [1.82, 2.24) is 9.55 Å². The van der Waals surface area contributed by atoms with Gasteiger partial charge in [-0.15, -0.1) is 0 Å². The third-order valence-corrected chi connectivity index (χ3v) is 4.96. The fourth-order valence-electron chi connectivity index (χ4n) is 3.16. The number of methoxy groups -OCH3 is 1. The second-order valence-corrected chi connectivity index (χ2v) is 6.92. The molecular formula is C22H15ClFN3O4. The van der Waals surface area contributed by atoms with Gasteiger partial charge in [0, 0.05) is 6.20 Å². The van der Waals surface area contributed by atoms with E-state index in [-0.39, 0.29) is 21.7 Å². The zero-order valence-corrected chi connectivity index (χ0v) is 16.9. The molecule has 7 nitrogen and oxygen atoms in total. The zero-order chi connectivity index (χ0) is 22.1. The number of carbonyl (C=O) groups excluding carboxylic acids is 1. The van der Waals surface area contributed by atoms with Crippen molar-refractivity contribution in [2.45, 2.75) is 0 Å². The summed E-state index contributed by atoms with van der Waals surface area (Å²) in [4.78, 5) is 30.5. The number of anilines is 1. The first-order chi connectivity index (χ1) is 14.9. The molecule has 0 aliphatic carbocycles. The summed E-state index contributed by atoms with van der Waals surface area (Å²) in [6.45, 7) is 0. The lowest BCUT2D eigenvalue weighted by molar-refractivity contribution is 0.102. The van der Waals surface area contributed by atoms with Gasteiger partial charge < -0.3 is 15.2 Å². The second kappa shape index (κ2) is 8.08. The van der Waals surface area contributed by atoms with E-state index in [1.165, 1.54) is 23.9 Å². The number of pyridine rings is 2. The number of fused-ring (bicyclic) bond motifs is 1. The van der Waals surface area contributed by atoms with E-state index in [0.717, 1.165) is 12.1 Å². The Morgan fingerprint density at radius 2 is 1.94 bits per heavy atom. The molecule has 0 saturated heterocycles. The van der Waals surface area contributed by atoms with Gasteiger partial charge in [-0.05, 0) is 54.6 Å². The smallest absolute Gasteiger partial charge is 0.273 e. The minimum atomic E-state index is -0.899. The van der Waals surface area contributed by atoms with Crippen molar-refractivity contribution in [3.05, 3.63) is 87.6 Å². The number of halogens is 2. The van der Waals surface area contributed by atoms with Crippen LogP contribution in [0, 0.1) is 5.82 Å². The summed E-state index contributed by atoms with van der Waals surface area (Å²) in [6.07, 6.45) is 1.47. The number of hydrogen-bond acceptors (Lipinski definition) is 5. The number of rotatable bonds is 4. The first-order valence-electron chi connectivity index (χ1n) is 9.04. The summed E-state index contributed by atoms with van der Waals surface area (Å²) in [5, 5.41) is 13.3. The largest absolute Gasteiger partial charge is 0.506 e. The Hall–Kier alpha value is -3.91. The fourth-order valence-corrected chi connectivity index (χ4v) is 3.37. The SMILES string of the molecule is COc1ccc(-n2c(=O)c(C(=O)Nc3ccc(F)cc3Cl)c(O)c3cccnc32)cc1. The molecule has 0 aliphatic rings. The first kappa shape index (κ1) is 20.4. The van der Waals surface area contributed by atoms with Crippen LogP contribution in [0.15, 0.2) is 65.6 Å². The molecule has 0 aliphatic heterocycles. The van der Waals surface area contributed by atoms with Crippen molar-refractivity contribution >= 4 is 34.2 Å². The average Bonchev–Trinajstić information content (AvgIpc) is 2.76. The van der Waals surface area contributed by atoms with E-state index >= 15 is 0 Å². The van der Waals surface area contributed by atoms with Crippen molar-refractivity contribution in [1.29, 1.82) is 0 Å². The predicted molar refractivity (Wildman–Crippen MR) is 115 cm³/mol. The molecule has 0 spiro atoms. The minimum Gasteiger partial charge on any atom is -0.506 e. The van der Waals surface area contributed by atoms with E-state index in [9.17, 15) is 19.1 Å². The highest BCUT2D eigenvalue weighted by Gasteiger charge is 2.24. The zero-order valence-electron chi connectivity index (χ0n) is 16.1. The molecule has 9 heteroatoms. The standard InChI is InChI=1S/C22H15ClFN3O4/c1-31-14-7-5-13(6-8-14)27-20-15(3-2-10-25-20)19(28)18(22(27)30)21(29)26-17-9-4-12(24)11-16(17)23/h2-11,28H,1H3,(H,26,29). The van der Waals surface area contributed by atoms with E-state index in [1.807, 2.05) is 0 Å². The molecule has 0 saturated carbocycles. The Balaban J connectivity index is 1.91. The van der Waals surface area contributed by atoms with Crippen LogP contribution in [0.2, 0.25) is 5.02 Å². The van der Waals surface area contributed by atoms with Gasteiger partial charge in [0.2, 0.25) is 0 Å². The van der Waals surface area contributed by atoms with Gasteiger partial charge >= 0.3 is 0 Å². The molecular weight excluding hydrogens is 425 g/mol. The van der Waals surface area contributed by atoms with Crippen LogP contribution >= 0.6 is 11.6 Å². The molecule has 4 rings (SSSR count). The summed E-state index contributed by atoms with van der Waals surface area (Å²) in [5.74, 6) is -1.42. The van der Waals surface area contributed by atoms with Crippen LogP contribution in [0.1, 0.15) is 10.4 Å². The highest BCUT2D eigenvalue weighted by Crippen LogP contribution is 2.29. The number of benzene rings is 2. The number of carbonyl (C=O) groups is 1. The molecule has 0 atom stereocenters. The maximum atomic E-state index is 13.3. The molecule has 2 aromatic carbocycles. The third kappa shape index (κ3) is 3.69. The Bertz CT molecular complexity index is 1370. The monoisotopic (exact) mass is 439 g/mol. The summed E-state index contributed by atoms with van der Waals surface area (Å²) >= 11 is 5.97. The van der Waals surface area contributed by atoms with Gasteiger partial charge in [0.25, 0.3) is 11.5 Å². The van der Waals surface area contributed by atoms with Crippen molar-refractivity contribution < 1.29 is 19.0 Å². The molecule has 156 valence electrons.